The third kappa shape index (κ3) is 5.14. The fourth-order valence-electron chi connectivity index (χ4n) is 3.39. The van der Waals surface area contributed by atoms with Gasteiger partial charge in [0.05, 0.1) is 19.0 Å². The number of thioether (sulfide) groups is 1. The fourth-order valence-corrected chi connectivity index (χ4v) is 4.35. The molecule has 6 nitrogen and oxygen atoms in total. The third-order valence-corrected chi connectivity index (χ3v) is 5.91. The molecule has 2 unspecified atom stereocenters. The van der Waals surface area contributed by atoms with Crippen LogP contribution in [0.25, 0.3) is 0 Å². The SMILES string of the molecule is COc1cccc(CCC(=O)NCC2CNC(C(=O)N3CCSC3)C2)c1. The highest BCUT2D eigenvalue weighted by Crippen LogP contribution is 2.20. The predicted molar refractivity (Wildman–Crippen MR) is 103 cm³/mol. The van der Waals surface area contributed by atoms with Crippen LogP contribution in [-0.2, 0) is 16.0 Å². The Kier molecular flexibility index (Phi) is 6.80. The topological polar surface area (TPSA) is 70.7 Å². The second kappa shape index (κ2) is 9.28. The van der Waals surface area contributed by atoms with Gasteiger partial charge in [0, 0.05) is 31.8 Å². The third-order valence-electron chi connectivity index (χ3n) is 4.95. The molecule has 0 radical (unpaired) electrons. The number of nitrogens with zero attached hydrogens (tertiary/aromatic N) is 1. The van der Waals surface area contributed by atoms with Gasteiger partial charge in [-0.2, -0.15) is 0 Å². The number of ether oxygens (including phenoxy) is 1. The molecule has 142 valence electrons. The van der Waals surface area contributed by atoms with Crippen LogP contribution in [0, 0.1) is 5.92 Å². The molecule has 2 atom stereocenters. The number of aryl methyl sites for hydroxylation is 1. The van der Waals surface area contributed by atoms with Gasteiger partial charge in [0.15, 0.2) is 0 Å². The zero-order chi connectivity index (χ0) is 18.4. The van der Waals surface area contributed by atoms with E-state index in [0.29, 0.717) is 25.3 Å². The number of benzene rings is 1. The summed E-state index contributed by atoms with van der Waals surface area (Å²) in [6, 6.07) is 7.71. The standard InChI is InChI=1S/C19H27N3O3S/c1-25-16-4-2-3-14(9-16)5-6-18(23)21-12-15-10-17(20-11-15)19(24)22-7-8-26-13-22/h2-4,9,15,17,20H,5-8,10-13H2,1H3,(H,21,23). The van der Waals surface area contributed by atoms with Crippen molar-refractivity contribution in [2.24, 2.45) is 5.92 Å². The van der Waals surface area contributed by atoms with Crippen molar-refractivity contribution in [1.82, 2.24) is 15.5 Å². The lowest BCUT2D eigenvalue weighted by Gasteiger charge is -2.19. The maximum atomic E-state index is 12.4. The van der Waals surface area contributed by atoms with Crippen molar-refractivity contribution in [3.05, 3.63) is 29.8 Å². The second-order valence-corrected chi connectivity index (χ2v) is 7.93. The summed E-state index contributed by atoms with van der Waals surface area (Å²) in [5.74, 6) is 3.24. The molecule has 1 aromatic rings. The summed E-state index contributed by atoms with van der Waals surface area (Å²) in [7, 11) is 1.64. The van der Waals surface area contributed by atoms with E-state index in [1.165, 1.54) is 0 Å². The maximum absolute atomic E-state index is 12.4. The first-order valence-corrected chi connectivity index (χ1v) is 10.3. The minimum Gasteiger partial charge on any atom is -0.497 e. The van der Waals surface area contributed by atoms with Crippen molar-refractivity contribution in [3.63, 3.8) is 0 Å². The minimum atomic E-state index is -0.0904. The smallest absolute Gasteiger partial charge is 0.240 e. The maximum Gasteiger partial charge on any atom is 0.240 e. The van der Waals surface area contributed by atoms with Gasteiger partial charge >= 0.3 is 0 Å². The molecule has 2 N–H and O–H groups in total. The van der Waals surface area contributed by atoms with Gasteiger partial charge in [-0.05, 0) is 36.5 Å². The normalized spacial score (nSPS) is 22.4. The molecule has 1 aromatic carbocycles. The molecule has 0 spiro atoms. The highest BCUT2D eigenvalue weighted by molar-refractivity contribution is 7.99. The summed E-state index contributed by atoms with van der Waals surface area (Å²) in [4.78, 5) is 26.4. The molecule has 3 rings (SSSR count). The van der Waals surface area contributed by atoms with Crippen LogP contribution in [0.5, 0.6) is 5.75 Å². The molecule has 2 fully saturated rings. The Morgan fingerprint density at radius 3 is 3.08 bits per heavy atom. The molecule has 0 saturated carbocycles. The van der Waals surface area contributed by atoms with Crippen molar-refractivity contribution < 1.29 is 14.3 Å². The second-order valence-electron chi connectivity index (χ2n) is 6.86. The monoisotopic (exact) mass is 377 g/mol. The van der Waals surface area contributed by atoms with Crippen LogP contribution in [-0.4, -0.2) is 61.1 Å². The van der Waals surface area contributed by atoms with Crippen molar-refractivity contribution in [2.45, 2.75) is 25.3 Å². The van der Waals surface area contributed by atoms with Crippen LogP contribution >= 0.6 is 11.8 Å². The molecular weight excluding hydrogens is 350 g/mol. The quantitative estimate of drug-likeness (QED) is 0.749. The first-order chi connectivity index (χ1) is 12.7. The van der Waals surface area contributed by atoms with Crippen molar-refractivity contribution in [2.75, 3.05) is 38.4 Å². The molecule has 2 amide bonds. The molecule has 2 aliphatic rings. The number of amides is 2. The van der Waals surface area contributed by atoms with E-state index in [4.69, 9.17) is 4.74 Å². The lowest BCUT2D eigenvalue weighted by atomic mass is 10.0. The van der Waals surface area contributed by atoms with Gasteiger partial charge in [0.25, 0.3) is 0 Å². The zero-order valence-corrected chi connectivity index (χ0v) is 16.0. The van der Waals surface area contributed by atoms with E-state index >= 15 is 0 Å². The van der Waals surface area contributed by atoms with Crippen LogP contribution in [0.15, 0.2) is 24.3 Å². The number of carbonyl (C=O) groups excluding carboxylic acids is 2. The molecular formula is C19H27N3O3S. The Morgan fingerprint density at radius 1 is 1.42 bits per heavy atom. The molecule has 7 heteroatoms. The van der Waals surface area contributed by atoms with E-state index in [1.807, 2.05) is 29.2 Å². The fraction of sp³-hybridized carbons (Fsp3) is 0.579. The van der Waals surface area contributed by atoms with Crippen LogP contribution in [0.3, 0.4) is 0 Å². The van der Waals surface area contributed by atoms with Gasteiger partial charge in [-0.25, -0.2) is 0 Å². The summed E-state index contributed by atoms with van der Waals surface area (Å²) in [6.45, 7) is 2.27. The number of rotatable bonds is 7. The van der Waals surface area contributed by atoms with Gasteiger partial charge in [-0.15, -0.1) is 11.8 Å². The van der Waals surface area contributed by atoms with Crippen LogP contribution in [0.2, 0.25) is 0 Å². The number of hydrogen-bond donors (Lipinski definition) is 2. The Hall–Kier alpha value is -1.73. The van der Waals surface area contributed by atoms with E-state index in [-0.39, 0.29) is 17.9 Å². The number of nitrogens with one attached hydrogen (secondary N) is 2. The van der Waals surface area contributed by atoms with Crippen molar-refractivity contribution >= 4 is 23.6 Å². The highest BCUT2D eigenvalue weighted by Gasteiger charge is 2.33. The molecule has 0 aliphatic carbocycles. The predicted octanol–water partition coefficient (Wildman–Crippen LogP) is 1.26. The molecule has 0 bridgehead atoms. The number of carbonyl (C=O) groups is 2. The summed E-state index contributed by atoms with van der Waals surface area (Å²) < 4.78 is 5.20. The largest absolute Gasteiger partial charge is 0.497 e. The van der Waals surface area contributed by atoms with Gasteiger partial charge in [0.2, 0.25) is 11.8 Å². The first-order valence-electron chi connectivity index (χ1n) is 9.15. The van der Waals surface area contributed by atoms with Crippen molar-refractivity contribution in [1.29, 1.82) is 0 Å². The molecule has 26 heavy (non-hydrogen) atoms. The molecule has 0 aromatic heterocycles. The van der Waals surface area contributed by atoms with Crippen molar-refractivity contribution in [3.8, 4) is 5.75 Å². The zero-order valence-electron chi connectivity index (χ0n) is 15.2. The van der Waals surface area contributed by atoms with E-state index in [9.17, 15) is 9.59 Å². The van der Waals surface area contributed by atoms with Crippen LogP contribution < -0.4 is 15.4 Å². The molecule has 2 aliphatic heterocycles. The Labute approximate surface area is 159 Å². The Bertz CT molecular complexity index is 634. The molecule has 2 heterocycles. The summed E-state index contributed by atoms with van der Waals surface area (Å²) >= 11 is 1.80. The summed E-state index contributed by atoms with van der Waals surface area (Å²) in [5, 5.41) is 6.33. The lowest BCUT2D eigenvalue weighted by Crippen LogP contribution is -2.42. The van der Waals surface area contributed by atoms with E-state index in [0.717, 1.165) is 42.5 Å². The van der Waals surface area contributed by atoms with E-state index in [2.05, 4.69) is 10.6 Å². The first kappa shape index (κ1) is 19.0. The van der Waals surface area contributed by atoms with Crippen LogP contribution in [0.4, 0.5) is 0 Å². The number of methoxy groups -OCH3 is 1. The van der Waals surface area contributed by atoms with Gasteiger partial charge in [-0.3, -0.25) is 9.59 Å². The summed E-state index contributed by atoms with van der Waals surface area (Å²) in [6.07, 6.45) is 1.95. The van der Waals surface area contributed by atoms with E-state index < -0.39 is 0 Å². The average molecular weight is 378 g/mol. The summed E-state index contributed by atoms with van der Waals surface area (Å²) in [5.41, 5.74) is 1.09. The van der Waals surface area contributed by atoms with E-state index in [1.54, 1.807) is 18.9 Å². The van der Waals surface area contributed by atoms with Crippen LogP contribution in [0.1, 0.15) is 18.4 Å². The lowest BCUT2D eigenvalue weighted by molar-refractivity contribution is -0.131. The minimum absolute atomic E-state index is 0.0542. The Balaban J connectivity index is 1.36. The Morgan fingerprint density at radius 2 is 2.31 bits per heavy atom. The van der Waals surface area contributed by atoms with Gasteiger partial charge in [0.1, 0.15) is 5.75 Å². The molecule has 2 saturated heterocycles. The van der Waals surface area contributed by atoms with Gasteiger partial charge in [-0.1, -0.05) is 12.1 Å². The highest BCUT2D eigenvalue weighted by atomic mass is 32.2. The number of hydrogen-bond acceptors (Lipinski definition) is 5. The average Bonchev–Trinajstić information content (AvgIpc) is 3.36. The van der Waals surface area contributed by atoms with Gasteiger partial charge < -0.3 is 20.3 Å².